The third-order valence-corrected chi connectivity index (χ3v) is 3.25. The van der Waals surface area contributed by atoms with Gasteiger partial charge in [-0.25, -0.2) is 4.79 Å². The van der Waals surface area contributed by atoms with Gasteiger partial charge in [0.05, 0.1) is 12.8 Å². The summed E-state index contributed by atoms with van der Waals surface area (Å²) in [7, 11) is 1.55. The number of H-pyrrole nitrogens is 1. The predicted molar refractivity (Wildman–Crippen MR) is 75.5 cm³/mol. The second-order valence-electron chi connectivity index (χ2n) is 4.56. The number of aryl methyl sites for hydroxylation is 2. The third-order valence-electron chi connectivity index (χ3n) is 3.25. The molecule has 0 unspecified atom stereocenters. The summed E-state index contributed by atoms with van der Waals surface area (Å²) >= 11 is 0. The minimum Gasteiger partial charge on any atom is -0.496 e. The van der Waals surface area contributed by atoms with Crippen LogP contribution >= 0.6 is 0 Å². The Morgan fingerprint density at radius 1 is 1.20 bits per heavy atom. The van der Waals surface area contributed by atoms with Crippen LogP contribution in [0.4, 0.5) is 0 Å². The van der Waals surface area contributed by atoms with E-state index in [4.69, 9.17) is 9.84 Å². The van der Waals surface area contributed by atoms with E-state index in [-0.39, 0.29) is 5.56 Å². The fourth-order valence-electron chi connectivity index (χ4n) is 1.97. The quantitative estimate of drug-likeness (QED) is 0.899. The molecule has 0 amide bonds. The highest BCUT2D eigenvalue weighted by atomic mass is 16.5. The fraction of sp³-hybridized carbons (Fsp3) is 0.200. The van der Waals surface area contributed by atoms with Crippen LogP contribution in [0, 0.1) is 13.8 Å². The van der Waals surface area contributed by atoms with Gasteiger partial charge in [-0.2, -0.15) is 0 Å². The number of carboxylic acids is 1. The summed E-state index contributed by atoms with van der Waals surface area (Å²) in [4.78, 5) is 25.2. The van der Waals surface area contributed by atoms with E-state index in [1.54, 1.807) is 13.2 Å². The molecule has 5 nitrogen and oxygen atoms in total. The van der Waals surface area contributed by atoms with Crippen molar-refractivity contribution in [3.63, 3.8) is 0 Å². The Bertz CT molecular complexity index is 731. The smallest absolute Gasteiger partial charge is 0.341 e. The van der Waals surface area contributed by atoms with E-state index >= 15 is 0 Å². The molecule has 0 fully saturated rings. The van der Waals surface area contributed by atoms with Crippen LogP contribution in [0.3, 0.4) is 0 Å². The van der Waals surface area contributed by atoms with E-state index in [0.717, 1.165) is 16.7 Å². The highest BCUT2D eigenvalue weighted by molar-refractivity contribution is 5.87. The van der Waals surface area contributed by atoms with Crippen molar-refractivity contribution >= 4 is 5.97 Å². The summed E-state index contributed by atoms with van der Waals surface area (Å²) < 4.78 is 5.31. The molecular weight excluding hydrogens is 258 g/mol. The number of carbonyl (C=O) groups is 1. The van der Waals surface area contributed by atoms with Crippen molar-refractivity contribution in [3.05, 3.63) is 51.3 Å². The number of hydrogen-bond acceptors (Lipinski definition) is 3. The number of carboxylic acid groups (broad SMARTS) is 1. The number of rotatable bonds is 3. The minimum absolute atomic E-state index is 0.281. The van der Waals surface area contributed by atoms with E-state index in [1.807, 2.05) is 26.0 Å². The van der Waals surface area contributed by atoms with Gasteiger partial charge in [-0.05, 0) is 49.2 Å². The molecule has 0 aliphatic rings. The number of ether oxygens (including phenoxy) is 1. The Balaban J connectivity index is 2.63. The number of hydrogen-bond donors (Lipinski definition) is 2. The lowest BCUT2D eigenvalue weighted by molar-refractivity contribution is 0.0695. The second-order valence-corrected chi connectivity index (χ2v) is 4.56. The van der Waals surface area contributed by atoms with Crippen LogP contribution in [0.2, 0.25) is 0 Å². The van der Waals surface area contributed by atoms with Gasteiger partial charge in [0.1, 0.15) is 11.3 Å². The summed E-state index contributed by atoms with van der Waals surface area (Å²) in [6, 6.07) is 6.65. The number of aromatic nitrogens is 1. The molecule has 0 aliphatic heterocycles. The Labute approximate surface area is 115 Å². The summed E-state index contributed by atoms with van der Waals surface area (Å²) in [6.45, 7) is 3.93. The molecule has 2 aromatic rings. The SMILES string of the molecule is COc1cc(C)c(C)cc1-c1ccc(C(=O)O)c(=O)[nH]1. The normalized spacial score (nSPS) is 10.3. The number of pyridine rings is 1. The molecule has 1 aromatic heterocycles. The molecule has 104 valence electrons. The molecule has 0 saturated carbocycles. The van der Waals surface area contributed by atoms with Crippen molar-refractivity contribution in [2.45, 2.75) is 13.8 Å². The van der Waals surface area contributed by atoms with E-state index in [1.165, 1.54) is 6.07 Å². The number of nitrogens with one attached hydrogen (secondary N) is 1. The van der Waals surface area contributed by atoms with Gasteiger partial charge in [-0.15, -0.1) is 0 Å². The average Bonchev–Trinajstić information content (AvgIpc) is 2.40. The number of aromatic carboxylic acids is 1. The Morgan fingerprint density at radius 3 is 2.40 bits per heavy atom. The summed E-state index contributed by atoms with van der Waals surface area (Å²) in [5.41, 5.74) is 2.48. The van der Waals surface area contributed by atoms with Crippen LogP contribution < -0.4 is 10.3 Å². The number of benzene rings is 1. The maximum absolute atomic E-state index is 11.7. The highest BCUT2D eigenvalue weighted by Gasteiger charge is 2.13. The Morgan fingerprint density at radius 2 is 1.85 bits per heavy atom. The lowest BCUT2D eigenvalue weighted by Gasteiger charge is -2.12. The molecule has 0 radical (unpaired) electrons. The molecule has 5 heteroatoms. The number of methoxy groups -OCH3 is 1. The first-order chi connectivity index (χ1) is 9.43. The summed E-state index contributed by atoms with van der Waals surface area (Å²) in [6.07, 6.45) is 0. The van der Waals surface area contributed by atoms with Gasteiger partial charge in [0.15, 0.2) is 0 Å². The molecule has 0 bridgehead atoms. The van der Waals surface area contributed by atoms with Gasteiger partial charge in [0.25, 0.3) is 5.56 Å². The summed E-state index contributed by atoms with van der Waals surface area (Å²) in [5.74, 6) is -0.614. The van der Waals surface area contributed by atoms with Crippen LogP contribution in [0.1, 0.15) is 21.5 Å². The Hall–Kier alpha value is -2.56. The maximum atomic E-state index is 11.7. The minimum atomic E-state index is -1.25. The molecule has 0 aliphatic carbocycles. The van der Waals surface area contributed by atoms with Gasteiger partial charge in [-0.3, -0.25) is 4.79 Å². The van der Waals surface area contributed by atoms with Crippen molar-refractivity contribution in [1.82, 2.24) is 4.98 Å². The van der Waals surface area contributed by atoms with E-state index in [0.29, 0.717) is 11.4 Å². The molecule has 2 rings (SSSR count). The lowest BCUT2D eigenvalue weighted by Crippen LogP contribution is -2.17. The van der Waals surface area contributed by atoms with Gasteiger partial charge >= 0.3 is 5.97 Å². The zero-order valence-electron chi connectivity index (χ0n) is 11.5. The topological polar surface area (TPSA) is 79.4 Å². The van der Waals surface area contributed by atoms with Crippen molar-refractivity contribution in [1.29, 1.82) is 0 Å². The largest absolute Gasteiger partial charge is 0.496 e. The van der Waals surface area contributed by atoms with Crippen molar-refractivity contribution in [3.8, 4) is 17.0 Å². The van der Waals surface area contributed by atoms with E-state index in [2.05, 4.69) is 4.98 Å². The fourth-order valence-corrected chi connectivity index (χ4v) is 1.97. The van der Waals surface area contributed by atoms with Crippen molar-refractivity contribution in [2.24, 2.45) is 0 Å². The second kappa shape index (κ2) is 5.21. The molecular formula is C15H15NO4. The number of aromatic amines is 1. The molecule has 1 aromatic carbocycles. The molecule has 1 heterocycles. The maximum Gasteiger partial charge on any atom is 0.341 e. The first-order valence-electron chi connectivity index (χ1n) is 6.06. The zero-order chi connectivity index (χ0) is 14.9. The lowest BCUT2D eigenvalue weighted by atomic mass is 10.0. The zero-order valence-corrected chi connectivity index (χ0v) is 11.5. The third kappa shape index (κ3) is 2.42. The summed E-state index contributed by atoms with van der Waals surface area (Å²) in [5, 5.41) is 8.86. The van der Waals surface area contributed by atoms with Crippen molar-refractivity contribution < 1.29 is 14.6 Å². The standard InChI is InChI=1S/C15H15NO4/c1-8-6-11(13(20-3)7-9(8)2)12-5-4-10(15(18)19)14(17)16-12/h4-7H,1-3H3,(H,16,17)(H,18,19). The predicted octanol–water partition coefficient (Wildman–Crippen LogP) is 2.37. The van der Waals surface area contributed by atoms with Gasteiger partial charge in [-0.1, -0.05) is 0 Å². The molecule has 0 saturated heterocycles. The first-order valence-corrected chi connectivity index (χ1v) is 6.06. The van der Waals surface area contributed by atoms with E-state index < -0.39 is 11.5 Å². The van der Waals surface area contributed by atoms with Crippen LogP contribution in [0.15, 0.2) is 29.1 Å². The van der Waals surface area contributed by atoms with Crippen LogP contribution in [0.5, 0.6) is 5.75 Å². The van der Waals surface area contributed by atoms with Gasteiger partial charge < -0.3 is 14.8 Å². The highest BCUT2D eigenvalue weighted by Crippen LogP contribution is 2.30. The molecule has 0 atom stereocenters. The molecule has 2 N–H and O–H groups in total. The monoisotopic (exact) mass is 273 g/mol. The van der Waals surface area contributed by atoms with Crippen LogP contribution in [-0.4, -0.2) is 23.2 Å². The van der Waals surface area contributed by atoms with Gasteiger partial charge in [0, 0.05) is 5.56 Å². The van der Waals surface area contributed by atoms with Crippen molar-refractivity contribution in [2.75, 3.05) is 7.11 Å². The van der Waals surface area contributed by atoms with Crippen LogP contribution in [-0.2, 0) is 0 Å². The molecule has 0 spiro atoms. The Kier molecular flexibility index (Phi) is 3.61. The van der Waals surface area contributed by atoms with Gasteiger partial charge in [0.2, 0.25) is 0 Å². The van der Waals surface area contributed by atoms with Crippen LogP contribution in [0.25, 0.3) is 11.3 Å². The first kappa shape index (κ1) is 13.9. The average molecular weight is 273 g/mol. The van der Waals surface area contributed by atoms with E-state index in [9.17, 15) is 9.59 Å². The molecule has 20 heavy (non-hydrogen) atoms.